The SMILES string of the molecule is CCOC(C)[O][AlH][O]C(C)OCC.[Na]. The third-order valence-corrected chi connectivity index (χ3v) is 2.62. The van der Waals surface area contributed by atoms with E-state index in [4.69, 9.17) is 17.1 Å². The third kappa shape index (κ3) is 11.4. The van der Waals surface area contributed by atoms with Crippen LogP contribution in [0.5, 0.6) is 0 Å². The quantitative estimate of drug-likeness (QED) is 0.453. The monoisotopic (exact) mass is 229 g/mol. The molecule has 0 rings (SSSR count). The largest absolute Gasteiger partial charge is 0.653 e. The van der Waals surface area contributed by atoms with E-state index in [1.165, 1.54) is 0 Å². The molecule has 0 heterocycles. The number of hydrogen-bond acceptors (Lipinski definition) is 4. The summed E-state index contributed by atoms with van der Waals surface area (Å²) in [5.41, 5.74) is 0. The van der Waals surface area contributed by atoms with Gasteiger partial charge in [-0.3, -0.25) is 0 Å². The van der Waals surface area contributed by atoms with Crippen LogP contribution in [-0.4, -0.2) is 71.2 Å². The van der Waals surface area contributed by atoms with E-state index in [2.05, 4.69) is 0 Å². The van der Waals surface area contributed by atoms with Crippen LogP contribution in [-0.2, 0) is 17.1 Å². The summed E-state index contributed by atoms with van der Waals surface area (Å²) in [5, 5.41) is 0. The van der Waals surface area contributed by atoms with Crippen molar-refractivity contribution in [1.29, 1.82) is 0 Å². The van der Waals surface area contributed by atoms with E-state index in [-0.39, 0.29) is 42.1 Å². The Morgan fingerprint density at radius 2 is 1.29 bits per heavy atom. The van der Waals surface area contributed by atoms with Gasteiger partial charge in [-0.25, -0.2) is 0 Å². The molecule has 79 valence electrons. The number of ether oxygens (including phenoxy) is 2. The van der Waals surface area contributed by atoms with Crippen molar-refractivity contribution < 1.29 is 17.1 Å². The summed E-state index contributed by atoms with van der Waals surface area (Å²) in [6, 6.07) is 0. The molecule has 0 bridgehead atoms. The molecular formula is C8H19AlNaO4. The maximum atomic E-state index is 5.31. The van der Waals surface area contributed by atoms with Gasteiger partial charge in [0.05, 0.1) is 0 Å². The topological polar surface area (TPSA) is 36.9 Å². The smallest absolute Gasteiger partial charge is 0.458 e. The molecule has 2 atom stereocenters. The number of rotatable bonds is 8. The van der Waals surface area contributed by atoms with Gasteiger partial charge in [0.15, 0.2) is 0 Å². The van der Waals surface area contributed by atoms with Gasteiger partial charge < -0.3 is 17.1 Å². The Balaban J connectivity index is 0. The minimum atomic E-state index is -0.974. The molecular weight excluding hydrogens is 210 g/mol. The van der Waals surface area contributed by atoms with Crippen molar-refractivity contribution in [1.82, 2.24) is 0 Å². The van der Waals surface area contributed by atoms with Gasteiger partial charge in [0.25, 0.3) is 0 Å². The van der Waals surface area contributed by atoms with Crippen LogP contribution in [0.4, 0.5) is 0 Å². The minimum Gasteiger partial charge on any atom is -0.458 e. The van der Waals surface area contributed by atoms with Gasteiger partial charge in [-0.2, -0.15) is 0 Å². The molecule has 0 fully saturated rings. The van der Waals surface area contributed by atoms with Crippen LogP contribution in [0.2, 0.25) is 0 Å². The van der Waals surface area contributed by atoms with Crippen molar-refractivity contribution in [3.63, 3.8) is 0 Å². The van der Waals surface area contributed by atoms with Gasteiger partial charge in [-0.05, 0) is 27.7 Å². The van der Waals surface area contributed by atoms with Crippen LogP contribution in [0.15, 0.2) is 0 Å². The van der Waals surface area contributed by atoms with Gasteiger partial charge in [-0.15, -0.1) is 0 Å². The molecule has 4 nitrogen and oxygen atoms in total. The predicted molar refractivity (Wildman–Crippen MR) is 57.2 cm³/mol. The fraction of sp³-hybridized carbons (Fsp3) is 1.00. The Bertz CT molecular complexity index is 106. The molecule has 0 aromatic heterocycles. The van der Waals surface area contributed by atoms with Crippen LogP contribution in [0, 0.1) is 0 Å². The van der Waals surface area contributed by atoms with E-state index in [9.17, 15) is 0 Å². The summed E-state index contributed by atoms with van der Waals surface area (Å²) in [6.45, 7) is 8.93. The number of hydrogen-bond donors (Lipinski definition) is 0. The van der Waals surface area contributed by atoms with E-state index >= 15 is 0 Å². The molecule has 0 aliphatic heterocycles. The molecule has 2 unspecified atom stereocenters. The van der Waals surface area contributed by atoms with E-state index in [1.807, 2.05) is 27.7 Å². The van der Waals surface area contributed by atoms with Crippen molar-refractivity contribution >= 4 is 45.4 Å². The zero-order chi connectivity index (χ0) is 10.1. The molecule has 0 spiro atoms. The third-order valence-electron chi connectivity index (χ3n) is 1.41. The summed E-state index contributed by atoms with van der Waals surface area (Å²) in [7, 11) is 0. The maximum absolute atomic E-state index is 5.31. The van der Waals surface area contributed by atoms with Crippen LogP contribution in [0.1, 0.15) is 27.7 Å². The summed E-state index contributed by atoms with van der Waals surface area (Å²) >= 11 is -0.974. The first-order valence-electron chi connectivity index (χ1n) is 4.67. The first-order valence-corrected chi connectivity index (χ1v) is 5.82. The van der Waals surface area contributed by atoms with Gasteiger partial charge in [0, 0.05) is 42.8 Å². The van der Waals surface area contributed by atoms with E-state index < -0.39 is 15.9 Å². The molecule has 0 saturated carbocycles. The van der Waals surface area contributed by atoms with Crippen molar-refractivity contribution in [2.75, 3.05) is 13.2 Å². The van der Waals surface area contributed by atoms with E-state index in [0.29, 0.717) is 13.2 Å². The predicted octanol–water partition coefficient (Wildman–Crippen LogP) is 0.670. The molecule has 6 heteroatoms. The van der Waals surface area contributed by atoms with Crippen molar-refractivity contribution in [2.24, 2.45) is 0 Å². The Kier molecular flexibility index (Phi) is 15.8. The zero-order valence-corrected chi connectivity index (χ0v) is 13.3. The summed E-state index contributed by atoms with van der Waals surface area (Å²) in [5.74, 6) is 0. The van der Waals surface area contributed by atoms with Crippen LogP contribution >= 0.6 is 0 Å². The van der Waals surface area contributed by atoms with Gasteiger partial charge >= 0.3 is 15.9 Å². The Morgan fingerprint density at radius 3 is 1.57 bits per heavy atom. The second kappa shape index (κ2) is 12.4. The molecule has 0 aliphatic carbocycles. The van der Waals surface area contributed by atoms with Crippen molar-refractivity contribution in [3.05, 3.63) is 0 Å². The average molecular weight is 229 g/mol. The maximum Gasteiger partial charge on any atom is 0.653 e. The zero-order valence-electron chi connectivity index (χ0n) is 9.91. The molecule has 0 N–H and O–H groups in total. The first kappa shape index (κ1) is 17.8. The van der Waals surface area contributed by atoms with E-state index in [1.54, 1.807) is 0 Å². The van der Waals surface area contributed by atoms with Crippen molar-refractivity contribution in [2.45, 2.75) is 40.3 Å². The first-order chi connectivity index (χ1) is 6.20. The summed E-state index contributed by atoms with van der Waals surface area (Å²) in [4.78, 5) is 0. The van der Waals surface area contributed by atoms with Crippen molar-refractivity contribution in [3.8, 4) is 0 Å². The van der Waals surface area contributed by atoms with Crippen LogP contribution in [0.25, 0.3) is 0 Å². The second-order valence-corrected chi connectivity index (χ2v) is 3.40. The molecule has 1 radical (unpaired) electrons. The molecule has 0 aliphatic rings. The fourth-order valence-corrected chi connectivity index (χ4v) is 1.45. The molecule has 0 saturated heterocycles. The Hall–Kier alpha value is 1.37. The van der Waals surface area contributed by atoms with Gasteiger partial charge in [0.1, 0.15) is 12.6 Å². The normalized spacial score (nSPS) is 14.3. The van der Waals surface area contributed by atoms with Gasteiger partial charge in [-0.1, -0.05) is 0 Å². The van der Waals surface area contributed by atoms with E-state index in [0.717, 1.165) is 0 Å². The molecule has 14 heavy (non-hydrogen) atoms. The second-order valence-electron chi connectivity index (χ2n) is 2.50. The fourth-order valence-electron chi connectivity index (χ4n) is 0.797. The van der Waals surface area contributed by atoms with Gasteiger partial charge in [0.2, 0.25) is 0 Å². The summed E-state index contributed by atoms with van der Waals surface area (Å²) < 4.78 is 21.0. The van der Waals surface area contributed by atoms with Crippen LogP contribution in [0.3, 0.4) is 0 Å². The molecule has 0 aromatic rings. The molecule has 0 amide bonds. The summed E-state index contributed by atoms with van der Waals surface area (Å²) in [6.07, 6.45) is -0.323. The Labute approximate surface area is 115 Å². The Morgan fingerprint density at radius 1 is 0.929 bits per heavy atom. The van der Waals surface area contributed by atoms with Crippen LogP contribution < -0.4 is 0 Å². The average Bonchev–Trinajstić information content (AvgIpc) is 2.05. The standard InChI is InChI=1S/2C4H9O2.Al.Na.H/c2*1-3-6-4(2)5;;;/h2*4H,3H2,1-2H3;;;/q2*-1;+2;;. The molecule has 0 aromatic carbocycles. The minimum absolute atomic E-state index is 0.